The van der Waals surface area contributed by atoms with Crippen molar-refractivity contribution in [1.29, 1.82) is 0 Å². The molecule has 1 aromatic carbocycles. The Morgan fingerprint density at radius 2 is 1.75 bits per heavy atom. The number of carbonyl (C=O) groups is 3. The molecule has 6 nitrogen and oxygen atoms in total. The number of hydrogen-bond donors (Lipinski definition) is 0. The molecule has 0 saturated heterocycles. The smallest absolute Gasteiger partial charge is 0.331 e. The molecular formula is C15H7BrCl2N2O4. The number of halogens is 3. The topological polar surface area (TPSA) is 76.6 Å². The third-order valence-electron chi connectivity index (χ3n) is 3.25. The van der Waals surface area contributed by atoms with Gasteiger partial charge in [0.2, 0.25) is 0 Å². The summed E-state index contributed by atoms with van der Waals surface area (Å²) >= 11 is 14.9. The van der Waals surface area contributed by atoms with Crippen molar-refractivity contribution in [3.8, 4) is 5.75 Å². The van der Waals surface area contributed by atoms with Crippen LogP contribution in [0.4, 0.5) is 0 Å². The Hall–Kier alpha value is -1.96. The van der Waals surface area contributed by atoms with Crippen LogP contribution in [0, 0.1) is 0 Å². The van der Waals surface area contributed by atoms with Gasteiger partial charge in [0.1, 0.15) is 11.1 Å². The van der Waals surface area contributed by atoms with Gasteiger partial charge >= 0.3 is 5.97 Å². The minimum atomic E-state index is -0.782. The summed E-state index contributed by atoms with van der Waals surface area (Å²) in [7, 11) is 0. The van der Waals surface area contributed by atoms with Gasteiger partial charge in [-0.25, -0.2) is 9.78 Å². The first kappa shape index (κ1) is 16.9. The summed E-state index contributed by atoms with van der Waals surface area (Å²) in [5, 5.41) is 0.306. The highest BCUT2D eigenvalue weighted by Crippen LogP contribution is 2.31. The van der Waals surface area contributed by atoms with Gasteiger partial charge in [-0.15, -0.1) is 0 Å². The first-order chi connectivity index (χ1) is 11.4. The number of aromatic nitrogens is 1. The molecule has 0 spiro atoms. The van der Waals surface area contributed by atoms with Crippen LogP contribution in [0.5, 0.6) is 5.75 Å². The predicted molar refractivity (Wildman–Crippen MR) is 89.4 cm³/mol. The number of benzene rings is 1. The Kier molecular flexibility index (Phi) is 4.58. The zero-order valence-corrected chi connectivity index (χ0v) is 14.9. The molecule has 9 heteroatoms. The molecular weight excluding hydrogens is 423 g/mol. The van der Waals surface area contributed by atoms with Crippen molar-refractivity contribution in [3.63, 3.8) is 0 Å². The van der Waals surface area contributed by atoms with E-state index in [1.54, 1.807) is 6.07 Å². The lowest BCUT2D eigenvalue weighted by Crippen LogP contribution is -2.36. The number of pyridine rings is 1. The van der Waals surface area contributed by atoms with Gasteiger partial charge in [-0.3, -0.25) is 14.5 Å². The average molecular weight is 430 g/mol. The minimum Gasteiger partial charge on any atom is -0.422 e. The van der Waals surface area contributed by atoms with Crippen LogP contribution < -0.4 is 4.74 Å². The summed E-state index contributed by atoms with van der Waals surface area (Å²) in [4.78, 5) is 41.3. The van der Waals surface area contributed by atoms with E-state index in [1.165, 1.54) is 24.4 Å². The minimum absolute atomic E-state index is 0.102. The second-order valence-electron chi connectivity index (χ2n) is 4.77. The van der Waals surface area contributed by atoms with Crippen molar-refractivity contribution in [2.24, 2.45) is 0 Å². The second-order valence-corrected chi connectivity index (χ2v) is 6.34. The molecule has 122 valence electrons. The van der Waals surface area contributed by atoms with E-state index in [0.29, 0.717) is 4.60 Å². The molecule has 0 radical (unpaired) electrons. The summed E-state index contributed by atoms with van der Waals surface area (Å²) in [5.74, 6) is -1.85. The molecule has 1 aliphatic heterocycles. The highest BCUT2D eigenvalue weighted by atomic mass is 79.9. The van der Waals surface area contributed by atoms with Gasteiger partial charge in [0.05, 0.1) is 21.2 Å². The molecule has 0 N–H and O–H groups in total. The van der Waals surface area contributed by atoms with Gasteiger partial charge < -0.3 is 4.74 Å². The Balaban J connectivity index is 1.79. The molecule has 2 heterocycles. The lowest BCUT2D eigenvalue weighted by Gasteiger charge is -2.13. The Morgan fingerprint density at radius 1 is 1.17 bits per heavy atom. The molecule has 2 amide bonds. The SMILES string of the molecule is O=C(CN1C(=O)c2cc(Cl)c(Cl)cc2C1=O)Oc1cccnc1Br. The maximum Gasteiger partial charge on any atom is 0.331 e. The second kappa shape index (κ2) is 6.51. The van der Waals surface area contributed by atoms with Crippen LogP contribution in [0.2, 0.25) is 10.0 Å². The number of carbonyl (C=O) groups excluding carboxylic acids is 3. The van der Waals surface area contributed by atoms with E-state index >= 15 is 0 Å². The number of hydrogen-bond acceptors (Lipinski definition) is 5. The van der Waals surface area contributed by atoms with E-state index in [0.717, 1.165) is 4.90 Å². The molecule has 3 rings (SSSR count). The van der Waals surface area contributed by atoms with E-state index in [4.69, 9.17) is 27.9 Å². The fourth-order valence-corrected chi connectivity index (χ4v) is 2.82. The van der Waals surface area contributed by atoms with Gasteiger partial charge in [-0.05, 0) is 40.2 Å². The standard InChI is InChI=1S/C15H7BrCl2N2O4/c16-13-11(2-1-3-19-13)24-12(21)6-20-14(22)7-4-9(17)10(18)5-8(7)15(20)23/h1-5H,6H2. The molecule has 0 aliphatic carbocycles. The molecule has 0 unspecified atom stereocenters. The molecule has 24 heavy (non-hydrogen) atoms. The van der Waals surface area contributed by atoms with Crippen molar-refractivity contribution in [1.82, 2.24) is 9.88 Å². The molecule has 0 bridgehead atoms. The van der Waals surface area contributed by atoms with Crippen LogP contribution in [-0.2, 0) is 4.79 Å². The first-order valence-corrected chi connectivity index (χ1v) is 8.10. The quantitative estimate of drug-likeness (QED) is 0.424. The van der Waals surface area contributed by atoms with E-state index < -0.39 is 24.3 Å². The van der Waals surface area contributed by atoms with Crippen molar-refractivity contribution < 1.29 is 19.1 Å². The van der Waals surface area contributed by atoms with Crippen LogP contribution in [0.15, 0.2) is 35.1 Å². The number of nitrogens with zero attached hydrogens (tertiary/aromatic N) is 2. The van der Waals surface area contributed by atoms with Gasteiger partial charge in [0.15, 0.2) is 5.75 Å². The van der Waals surface area contributed by atoms with E-state index in [1.807, 2.05) is 0 Å². The van der Waals surface area contributed by atoms with Crippen molar-refractivity contribution in [2.75, 3.05) is 6.54 Å². The normalized spacial score (nSPS) is 13.2. The number of amides is 2. The van der Waals surface area contributed by atoms with Crippen LogP contribution >= 0.6 is 39.1 Å². The number of esters is 1. The lowest BCUT2D eigenvalue weighted by atomic mass is 10.1. The van der Waals surface area contributed by atoms with E-state index in [2.05, 4.69) is 20.9 Å². The molecule has 2 aromatic rings. The summed E-state index contributed by atoms with van der Waals surface area (Å²) in [5.41, 5.74) is 0.203. The average Bonchev–Trinajstić information content (AvgIpc) is 2.75. The van der Waals surface area contributed by atoms with Gasteiger partial charge in [-0.1, -0.05) is 23.2 Å². The predicted octanol–water partition coefficient (Wildman–Crippen LogP) is 3.35. The Bertz CT molecular complexity index is 847. The molecule has 0 fully saturated rings. The molecule has 1 aliphatic rings. The Morgan fingerprint density at radius 3 is 2.29 bits per heavy atom. The summed E-state index contributed by atoms with van der Waals surface area (Å²) in [6.45, 7) is -0.539. The van der Waals surface area contributed by atoms with Crippen molar-refractivity contribution in [2.45, 2.75) is 0 Å². The zero-order valence-electron chi connectivity index (χ0n) is 11.8. The monoisotopic (exact) mass is 428 g/mol. The van der Waals surface area contributed by atoms with E-state index in [9.17, 15) is 14.4 Å². The maximum absolute atomic E-state index is 12.3. The van der Waals surface area contributed by atoms with Crippen molar-refractivity contribution in [3.05, 3.63) is 56.2 Å². The van der Waals surface area contributed by atoms with Crippen LogP contribution in [0.25, 0.3) is 0 Å². The maximum atomic E-state index is 12.3. The summed E-state index contributed by atoms with van der Waals surface area (Å²) in [6, 6.07) is 5.72. The van der Waals surface area contributed by atoms with Crippen LogP contribution in [0.3, 0.4) is 0 Å². The third kappa shape index (κ3) is 3.02. The number of imide groups is 1. The van der Waals surface area contributed by atoms with Gasteiger partial charge in [0.25, 0.3) is 11.8 Å². The number of fused-ring (bicyclic) bond motifs is 1. The summed E-state index contributed by atoms with van der Waals surface area (Å²) < 4.78 is 5.44. The third-order valence-corrected chi connectivity index (χ3v) is 4.57. The largest absolute Gasteiger partial charge is 0.422 e. The number of ether oxygens (including phenoxy) is 1. The zero-order chi connectivity index (χ0) is 17.4. The molecule has 1 aromatic heterocycles. The van der Waals surface area contributed by atoms with Crippen molar-refractivity contribution >= 4 is 56.9 Å². The molecule has 0 atom stereocenters. The van der Waals surface area contributed by atoms with Crippen LogP contribution in [0.1, 0.15) is 20.7 Å². The van der Waals surface area contributed by atoms with Crippen LogP contribution in [-0.4, -0.2) is 34.2 Å². The first-order valence-electron chi connectivity index (χ1n) is 6.55. The van der Waals surface area contributed by atoms with Gasteiger partial charge in [0, 0.05) is 6.20 Å². The fourth-order valence-electron chi connectivity index (χ4n) is 2.16. The highest BCUT2D eigenvalue weighted by molar-refractivity contribution is 9.10. The van der Waals surface area contributed by atoms with E-state index in [-0.39, 0.29) is 26.9 Å². The molecule has 0 saturated carbocycles. The highest BCUT2D eigenvalue weighted by Gasteiger charge is 2.37. The fraction of sp³-hybridized carbons (Fsp3) is 0.0667. The number of rotatable bonds is 3. The summed E-state index contributed by atoms with van der Waals surface area (Å²) in [6.07, 6.45) is 1.51. The van der Waals surface area contributed by atoms with Gasteiger partial charge in [-0.2, -0.15) is 0 Å². The Labute approximate surface area is 154 Å². The lowest BCUT2D eigenvalue weighted by molar-refractivity contribution is -0.134.